The van der Waals surface area contributed by atoms with Crippen molar-refractivity contribution in [2.75, 3.05) is 50.2 Å². The van der Waals surface area contributed by atoms with Crippen LogP contribution in [0.15, 0.2) is 0 Å². The van der Waals surface area contributed by atoms with Crippen LogP contribution < -0.4 is 15.1 Å². The SMILES string of the molecule is CN(C)c1nc(CNC(=O)[C@H]2CCOC2)nc(N2CCCC2)n1. The number of aromatic nitrogens is 3. The number of rotatable bonds is 5. The molecule has 8 heteroatoms. The third kappa shape index (κ3) is 3.87. The topological polar surface area (TPSA) is 83.5 Å². The second-order valence-corrected chi connectivity index (χ2v) is 6.22. The highest BCUT2D eigenvalue weighted by molar-refractivity contribution is 5.78. The molecule has 0 bridgehead atoms. The van der Waals surface area contributed by atoms with Gasteiger partial charge in [-0.05, 0) is 19.3 Å². The van der Waals surface area contributed by atoms with Crippen molar-refractivity contribution in [1.29, 1.82) is 0 Å². The predicted molar refractivity (Wildman–Crippen MR) is 86.4 cm³/mol. The Hall–Kier alpha value is -1.96. The normalized spacial score (nSPS) is 20.8. The van der Waals surface area contributed by atoms with E-state index in [0.717, 1.165) is 32.4 Å². The van der Waals surface area contributed by atoms with Crippen LogP contribution in [0.25, 0.3) is 0 Å². The van der Waals surface area contributed by atoms with Gasteiger partial charge < -0.3 is 19.9 Å². The average molecular weight is 320 g/mol. The van der Waals surface area contributed by atoms with Gasteiger partial charge in [-0.1, -0.05) is 0 Å². The van der Waals surface area contributed by atoms with Gasteiger partial charge in [-0.25, -0.2) is 0 Å². The van der Waals surface area contributed by atoms with Crippen LogP contribution in [-0.4, -0.2) is 61.3 Å². The van der Waals surface area contributed by atoms with E-state index < -0.39 is 0 Å². The fraction of sp³-hybridized carbons (Fsp3) is 0.733. The van der Waals surface area contributed by atoms with Gasteiger partial charge in [0.05, 0.1) is 19.1 Å². The standard InChI is InChI=1S/C15H24N6O2/c1-20(2)14-17-12(9-16-13(22)11-5-8-23-10-11)18-15(19-14)21-6-3-4-7-21/h11H,3-10H2,1-2H3,(H,16,22)/t11-/m0/s1. The summed E-state index contributed by atoms with van der Waals surface area (Å²) in [6.45, 7) is 3.43. The van der Waals surface area contributed by atoms with Crippen LogP contribution in [0.4, 0.5) is 11.9 Å². The Bertz CT molecular complexity index is 553. The molecule has 1 amide bonds. The zero-order chi connectivity index (χ0) is 16.2. The van der Waals surface area contributed by atoms with Crippen LogP contribution in [0, 0.1) is 5.92 Å². The lowest BCUT2D eigenvalue weighted by atomic mass is 10.1. The van der Waals surface area contributed by atoms with Crippen LogP contribution in [0.2, 0.25) is 0 Å². The predicted octanol–water partition coefficient (Wildman–Crippen LogP) is 0.191. The maximum Gasteiger partial charge on any atom is 0.230 e. The van der Waals surface area contributed by atoms with Crippen molar-refractivity contribution in [3.05, 3.63) is 5.82 Å². The van der Waals surface area contributed by atoms with Gasteiger partial charge in [0.2, 0.25) is 17.8 Å². The summed E-state index contributed by atoms with van der Waals surface area (Å²) in [4.78, 5) is 29.6. The molecule has 3 heterocycles. The molecule has 23 heavy (non-hydrogen) atoms. The summed E-state index contributed by atoms with van der Waals surface area (Å²) in [5.41, 5.74) is 0. The number of carbonyl (C=O) groups excluding carboxylic acids is 1. The molecule has 1 N–H and O–H groups in total. The summed E-state index contributed by atoms with van der Waals surface area (Å²) >= 11 is 0. The van der Waals surface area contributed by atoms with E-state index >= 15 is 0 Å². The Morgan fingerprint density at radius 2 is 2.09 bits per heavy atom. The van der Waals surface area contributed by atoms with E-state index in [1.807, 2.05) is 19.0 Å². The molecular formula is C15H24N6O2. The van der Waals surface area contributed by atoms with Gasteiger partial charge >= 0.3 is 0 Å². The number of carbonyl (C=O) groups is 1. The third-order valence-electron chi connectivity index (χ3n) is 4.17. The van der Waals surface area contributed by atoms with Crippen LogP contribution in [-0.2, 0) is 16.1 Å². The number of nitrogens with zero attached hydrogens (tertiary/aromatic N) is 5. The molecule has 0 aliphatic carbocycles. The Kier molecular flexibility index (Phi) is 4.90. The Morgan fingerprint density at radius 3 is 2.74 bits per heavy atom. The second-order valence-electron chi connectivity index (χ2n) is 6.22. The lowest BCUT2D eigenvalue weighted by Crippen LogP contribution is -2.32. The zero-order valence-corrected chi connectivity index (χ0v) is 13.8. The number of ether oxygens (including phenoxy) is 1. The molecule has 1 aromatic rings. The first-order chi connectivity index (χ1) is 11.1. The van der Waals surface area contributed by atoms with E-state index in [1.54, 1.807) is 0 Å². The summed E-state index contributed by atoms with van der Waals surface area (Å²) in [7, 11) is 3.81. The molecule has 0 aromatic carbocycles. The molecule has 0 radical (unpaired) electrons. The number of hydrogen-bond acceptors (Lipinski definition) is 7. The van der Waals surface area contributed by atoms with Gasteiger partial charge in [-0.2, -0.15) is 15.0 Å². The van der Waals surface area contributed by atoms with Gasteiger partial charge in [0.25, 0.3) is 0 Å². The number of nitrogens with one attached hydrogen (secondary N) is 1. The molecule has 2 saturated heterocycles. The first kappa shape index (κ1) is 15.9. The second kappa shape index (κ2) is 7.08. The summed E-state index contributed by atoms with van der Waals surface area (Å²) in [5.74, 6) is 1.88. The van der Waals surface area contributed by atoms with Gasteiger partial charge in [0, 0.05) is 33.8 Å². The van der Waals surface area contributed by atoms with Crippen molar-refractivity contribution < 1.29 is 9.53 Å². The molecule has 126 valence electrons. The molecule has 2 aliphatic rings. The minimum absolute atomic E-state index is 0.0111. The van der Waals surface area contributed by atoms with Crippen LogP contribution >= 0.6 is 0 Å². The fourth-order valence-corrected chi connectivity index (χ4v) is 2.78. The first-order valence-corrected chi connectivity index (χ1v) is 8.16. The first-order valence-electron chi connectivity index (χ1n) is 8.16. The third-order valence-corrected chi connectivity index (χ3v) is 4.17. The maximum atomic E-state index is 12.1. The lowest BCUT2D eigenvalue weighted by molar-refractivity contribution is -0.125. The highest BCUT2D eigenvalue weighted by atomic mass is 16.5. The van der Waals surface area contributed by atoms with E-state index in [4.69, 9.17) is 4.74 Å². The van der Waals surface area contributed by atoms with Crippen LogP contribution in [0.3, 0.4) is 0 Å². The molecule has 0 unspecified atom stereocenters. The molecule has 0 spiro atoms. The van der Waals surface area contributed by atoms with Crippen molar-refractivity contribution in [3.8, 4) is 0 Å². The molecular weight excluding hydrogens is 296 g/mol. The van der Waals surface area contributed by atoms with Crippen molar-refractivity contribution in [3.63, 3.8) is 0 Å². The molecule has 1 atom stereocenters. The monoisotopic (exact) mass is 320 g/mol. The van der Waals surface area contributed by atoms with Crippen molar-refractivity contribution >= 4 is 17.8 Å². The van der Waals surface area contributed by atoms with Gasteiger partial charge in [0.1, 0.15) is 0 Å². The van der Waals surface area contributed by atoms with E-state index in [2.05, 4.69) is 25.2 Å². The smallest absolute Gasteiger partial charge is 0.230 e. The van der Waals surface area contributed by atoms with E-state index in [9.17, 15) is 4.79 Å². The van der Waals surface area contributed by atoms with E-state index in [-0.39, 0.29) is 11.8 Å². The average Bonchev–Trinajstić information content (AvgIpc) is 3.25. The zero-order valence-electron chi connectivity index (χ0n) is 13.8. The van der Waals surface area contributed by atoms with Crippen molar-refractivity contribution in [1.82, 2.24) is 20.3 Å². The minimum Gasteiger partial charge on any atom is -0.381 e. The van der Waals surface area contributed by atoms with E-state index in [0.29, 0.717) is 37.5 Å². The maximum absolute atomic E-state index is 12.1. The minimum atomic E-state index is -0.0526. The quantitative estimate of drug-likeness (QED) is 0.829. The van der Waals surface area contributed by atoms with Gasteiger partial charge in [0.15, 0.2) is 5.82 Å². The Morgan fingerprint density at radius 1 is 1.30 bits per heavy atom. The molecule has 2 aliphatic heterocycles. The lowest BCUT2D eigenvalue weighted by Gasteiger charge is -2.19. The summed E-state index contributed by atoms with van der Waals surface area (Å²) in [5, 5.41) is 2.92. The number of amides is 1. The van der Waals surface area contributed by atoms with Gasteiger partial charge in [-0.3, -0.25) is 4.79 Å². The molecule has 0 saturated carbocycles. The highest BCUT2D eigenvalue weighted by Gasteiger charge is 2.24. The van der Waals surface area contributed by atoms with E-state index in [1.165, 1.54) is 0 Å². The van der Waals surface area contributed by atoms with Crippen molar-refractivity contribution in [2.24, 2.45) is 5.92 Å². The van der Waals surface area contributed by atoms with Gasteiger partial charge in [-0.15, -0.1) is 0 Å². The Labute approximate surface area is 136 Å². The Balaban J connectivity index is 1.70. The summed E-state index contributed by atoms with van der Waals surface area (Å²) < 4.78 is 5.25. The summed E-state index contributed by atoms with van der Waals surface area (Å²) in [6, 6.07) is 0. The van der Waals surface area contributed by atoms with Crippen molar-refractivity contribution in [2.45, 2.75) is 25.8 Å². The largest absolute Gasteiger partial charge is 0.381 e. The molecule has 3 rings (SSSR count). The highest BCUT2D eigenvalue weighted by Crippen LogP contribution is 2.18. The number of anilines is 2. The van der Waals surface area contributed by atoms with Crippen LogP contribution in [0.5, 0.6) is 0 Å². The van der Waals surface area contributed by atoms with Crippen LogP contribution in [0.1, 0.15) is 25.1 Å². The molecule has 2 fully saturated rings. The molecule has 1 aromatic heterocycles. The molecule has 8 nitrogen and oxygen atoms in total. The summed E-state index contributed by atoms with van der Waals surface area (Å²) in [6.07, 6.45) is 3.11. The number of hydrogen-bond donors (Lipinski definition) is 1. The fourth-order valence-electron chi connectivity index (χ4n) is 2.78.